The Kier molecular flexibility index (Phi) is 5.11. The summed E-state index contributed by atoms with van der Waals surface area (Å²) >= 11 is 0. The average molecular weight is 368 g/mol. The van der Waals surface area contributed by atoms with Gasteiger partial charge in [-0.25, -0.2) is 4.79 Å². The van der Waals surface area contributed by atoms with Crippen molar-refractivity contribution >= 4 is 17.3 Å². The highest BCUT2D eigenvalue weighted by Gasteiger charge is 2.21. The second-order valence-corrected chi connectivity index (χ2v) is 5.59. The van der Waals surface area contributed by atoms with Crippen LogP contribution in [0.15, 0.2) is 52.9 Å². The molecule has 0 radical (unpaired) electrons. The average Bonchev–Trinajstić information content (AvgIpc) is 3.18. The van der Waals surface area contributed by atoms with Gasteiger partial charge >= 0.3 is 5.97 Å². The highest BCUT2D eigenvalue weighted by Crippen LogP contribution is 2.25. The fourth-order valence-corrected chi connectivity index (χ4v) is 2.39. The summed E-state index contributed by atoms with van der Waals surface area (Å²) < 4.78 is 10.9. The number of rotatable bonds is 6. The molecule has 1 aromatic heterocycles. The number of nitro benzene ring substituents is 1. The lowest BCUT2D eigenvalue weighted by atomic mass is 10.2. The summed E-state index contributed by atoms with van der Waals surface area (Å²) in [4.78, 5) is 22.6. The molecule has 0 spiro atoms. The minimum absolute atomic E-state index is 0.0380. The van der Waals surface area contributed by atoms with Crippen molar-refractivity contribution in [3.63, 3.8) is 0 Å². The van der Waals surface area contributed by atoms with Gasteiger partial charge in [-0.15, -0.1) is 10.2 Å². The number of aromatic nitrogens is 2. The van der Waals surface area contributed by atoms with Crippen molar-refractivity contribution in [2.45, 2.75) is 13.0 Å². The van der Waals surface area contributed by atoms with E-state index in [1.807, 2.05) is 0 Å². The minimum Gasteiger partial charge on any atom is -0.449 e. The van der Waals surface area contributed by atoms with E-state index in [1.54, 1.807) is 38.2 Å². The van der Waals surface area contributed by atoms with Gasteiger partial charge in [-0.3, -0.25) is 10.1 Å². The van der Waals surface area contributed by atoms with Gasteiger partial charge in [-0.2, -0.15) is 0 Å². The van der Waals surface area contributed by atoms with Crippen LogP contribution < -0.4 is 5.32 Å². The molecule has 0 aliphatic rings. The van der Waals surface area contributed by atoms with E-state index in [2.05, 4.69) is 15.5 Å². The largest absolute Gasteiger partial charge is 0.449 e. The second kappa shape index (κ2) is 7.65. The molecule has 0 amide bonds. The normalized spacial score (nSPS) is 11.6. The van der Waals surface area contributed by atoms with Gasteiger partial charge in [-0.1, -0.05) is 12.1 Å². The summed E-state index contributed by atoms with van der Waals surface area (Å²) in [7, 11) is 1.71. The number of esters is 1. The molecule has 0 bridgehead atoms. The maximum absolute atomic E-state index is 12.4. The van der Waals surface area contributed by atoms with E-state index in [4.69, 9.17) is 9.15 Å². The van der Waals surface area contributed by atoms with Crippen molar-refractivity contribution in [3.8, 4) is 11.5 Å². The highest BCUT2D eigenvalue weighted by atomic mass is 16.6. The summed E-state index contributed by atoms with van der Waals surface area (Å²) in [6.45, 7) is 1.62. The molecule has 27 heavy (non-hydrogen) atoms. The number of nitro groups is 1. The topological polar surface area (TPSA) is 120 Å². The van der Waals surface area contributed by atoms with E-state index >= 15 is 0 Å². The van der Waals surface area contributed by atoms with Crippen LogP contribution >= 0.6 is 0 Å². The summed E-state index contributed by atoms with van der Waals surface area (Å²) in [6, 6.07) is 12.7. The van der Waals surface area contributed by atoms with Crippen LogP contribution in [-0.2, 0) is 4.74 Å². The van der Waals surface area contributed by atoms with Crippen molar-refractivity contribution in [2.24, 2.45) is 0 Å². The SMILES string of the molecule is CNc1ccccc1C(=O)OC(C)c1nnc(-c2ccc([N+](=O)[O-])cc2)o1. The third kappa shape index (κ3) is 3.92. The lowest BCUT2D eigenvalue weighted by Crippen LogP contribution is -2.11. The third-order valence-corrected chi connectivity index (χ3v) is 3.81. The zero-order chi connectivity index (χ0) is 19.4. The molecular weight excluding hydrogens is 352 g/mol. The molecule has 1 N–H and O–H groups in total. The van der Waals surface area contributed by atoms with E-state index < -0.39 is 17.0 Å². The second-order valence-electron chi connectivity index (χ2n) is 5.59. The molecule has 138 valence electrons. The van der Waals surface area contributed by atoms with Gasteiger partial charge in [0, 0.05) is 30.4 Å². The van der Waals surface area contributed by atoms with E-state index in [9.17, 15) is 14.9 Å². The van der Waals surface area contributed by atoms with Crippen LogP contribution in [0.3, 0.4) is 0 Å². The Morgan fingerprint density at radius 2 is 1.89 bits per heavy atom. The number of nitrogens with one attached hydrogen (secondary N) is 1. The number of para-hydroxylation sites is 1. The summed E-state index contributed by atoms with van der Waals surface area (Å²) in [5.41, 5.74) is 1.52. The van der Waals surface area contributed by atoms with Gasteiger partial charge in [-0.05, 0) is 31.2 Å². The number of ether oxygens (including phenoxy) is 1. The summed E-state index contributed by atoms with van der Waals surface area (Å²) in [5.74, 6) is -0.223. The molecule has 1 atom stereocenters. The fraction of sp³-hybridized carbons (Fsp3) is 0.167. The van der Waals surface area contributed by atoms with Crippen LogP contribution in [0.5, 0.6) is 0 Å². The summed E-state index contributed by atoms with van der Waals surface area (Å²) in [6.07, 6.45) is -0.762. The number of anilines is 1. The molecule has 0 aliphatic heterocycles. The Hall–Kier alpha value is -3.75. The number of carbonyl (C=O) groups excluding carboxylic acids is 1. The van der Waals surface area contributed by atoms with Crippen LogP contribution in [0.4, 0.5) is 11.4 Å². The first-order valence-electron chi connectivity index (χ1n) is 8.05. The van der Waals surface area contributed by atoms with Gasteiger partial charge < -0.3 is 14.5 Å². The maximum atomic E-state index is 12.4. The smallest absolute Gasteiger partial charge is 0.341 e. The molecular formula is C18H16N4O5. The molecule has 0 fully saturated rings. The molecule has 0 saturated heterocycles. The zero-order valence-corrected chi connectivity index (χ0v) is 14.6. The Bertz CT molecular complexity index is 968. The Balaban J connectivity index is 1.74. The van der Waals surface area contributed by atoms with Crippen molar-refractivity contribution in [3.05, 3.63) is 70.1 Å². The van der Waals surface area contributed by atoms with Crippen LogP contribution in [0.25, 0.3) is 11.5 Å². The van der Waals surface area contributed by atoms with Crippen LogP contribution in [-0.4, -0.2) is 28.1 Å². The van der Waals surface area contributed by atoms with Gasteiger partial charge in [0.2, 0.25) is 5.89 Å². The quantitative estimate of drug-likeness (QED) is 0.398. The van der Waals surface area contributed by atoms with Crippen molar-refractivity contribution < 1.29 is 18.9 Å². The first-order chi connectivity index (χ1) is 13.0. The maximum Gasteiger partial charge on any atom is 0.341 e. The van der Waals surface area contributed by atoms with E-state index in [1.165, 1.54) is 24.3 Å². The van der Waals surface area contributed by atoms with Gasteiger partial charge in [0.15, 0.2) is 6.10 Å². The fourth-order valence-electron chi connectivity index (χ4n) is 2.39. The minimum atomic E-state index is -0.762. The number of hydrogen-bond acceptors (Lipinski definition) is 8. The van der Waals surface area contributed by atoms with Crippen LogP contribution in [0, 0.1) is 10.1 Å². The molecule has 9 nitrogen and oxygen atoms in total. The van der Waals surface area contributed by atoms with Gasteiger partial charge in [0.25, 0.3) is 11.6 Å². The lowest BCUT2D eigenvalue weighted by Gasteiger charge is -2.12. The van der Waals surface area contributed by atoms with Gasteiger partial charge in [0.1, 0.15) is 0 Å². The zero-order valence-electron chi connectivity index (χ0n) is 14.6. The molecule has 1 heterocycles. The van der Waals surface area contributed by atoms with Crippen molar-refractivity contribution in [1.29, 1.82) is 0 Å². The monoisotopic (exact) mass is 368 g/mol. The van der Waals surface area contributed by atoms with Crippen molar-refractivity contribution in [1.82, 2.24) is 10.2 Å². The van der Waals surface area contributed by atoms with E-state index in [0.29, 0.717) is 16.8 Å². The Morgan fingerprint density at radius 1 is 1.19 bits per heavy atom. The van der Waals surface area contributed by atoms with Gasteiger partial charge in [0.05, 0.1) is 10.5 Å². The van der Waals surface area contributed by atoms with Crippen molar-refractivity contribution in [2.75, 3.05) is 12.4 Å². The number of benzene rings is 2. The first kappa shape index (κ1) is 18.1. The molecule has 3 aromatic rings. The number of nitrogens with zero attached hydrogens (tertiary/aromatic N) is 3. The molecule has 3 rings (SSSR count). The standard InChI is InChI=1S/C18H16N4O5/c1-11(26-18(23)14-5-3-4-6-15(14)19-2)16-20-21-17(27-16)12-7-9-13(10-8-12)22(24)25/h3-11,19H,1-2H3. The van der Waals surface area contributed by atoms with Crippen LogP contribution in [0.1, 0.15) is 29.3 Å². The van der Waals surface area contributed by atoms with E-state index in [-0.39, 0.29) is 17.5 Å². The molecule has 9 heteroatoms. The molecule has 2 aromatic carbocycles. The predicted molar refractivity (Wildman–Crippen MR) is 96.2 cm³/mol. The number of hydrogen-bond donors (Lipinski definition) is 1. The molecule has 0 saturated carbocycles. The van der Waals surface area contributed by atoms with Crippen LogP contribution in [0.2, 0.25) is 0 Å². The Morgan fingerprint density at radius 3 is 2.56 bits per heavy atom. The highest BCUT2D eigenvalue weighted by molar-refractivity contribution is 5.95. The first-order valence-corrected chi connectivity index (χ1v) is 8.05. The Labute approximate surface area is 154 Å². The third-order valence-electron chi connectivity index (χ3n) is 3.81. The number of non-ortho nitro benzene ring substituents is 1. The number of carbonyl (C=O) groups is 1. The summed E-state index contributed by atoms with van der Waals surface area (Å²) in [5, 5.41) is 21.4. The molecule has 1 unspecified atom stereocenters. The lowest BCUT2D eigenvalue weighted by molar-refractivity contribution is -0.384. The molecule has 0 aliphatic carbocycles. The predicted octanol–water partition coefficient (Wildman–Crippen LogP) is 3.60. The van der Waals surface area contributed by atoms with E-state index in [0.717, 1.165) is 0 Å².